The van der Waals surface area contributed by atoms with Crippen LogP contribution in [-0.4, -0.2) is 79.5 Å². The minimum Gasteiger partial charge on any atom is -0.336 e. The van der Waals surface area contributed by atoms with Crippen LogP contribution in [0, 0.1) is 0 Å². The van der Waals surface area contributed by atoms with E-state index in [0.717, 1.165) is 25.0 Å². The Balaban J connectivity index is 1.67. The summed E-state index contributed by atoms with van der Waals surface area (Å²) < 4.78 is 64.0. The summed E-state index contributed by atoms with van der Waals surface area (Å²) in [6, 6.07) is 4.49. The molecule has 1 unspecified atom stereocenters. The summed E-state index contributed by atoms with van der Waals surface area (Å²) in [5.41, 5.74) is -1.06. The molecule has 29 heavy (non-hydrogen) atoms. The first-order chi connectivity index (χ1) is 13.5. The van der Waals surface area contributed by atoms with Crippen molar-refractivity contribution >= 4 is 15.9 Å². The van der Waals surface area contributed by atoms with E-state index >= 15 is 0 Å². The molecular weight excluding hydrogens is 407 g/mol. The molecule has 1 atom stereocenters. The molecule has 6 nitrogen and oxygen atoms in total. The standard InChI is InChI=1S/C19H26F3N3O3S/c1-3-18(7-8-25(14-18)29(2,27)28)24-11-9-23(10-12-24)17(26)15-5-4-6-16(13-15)19(20,21)22/h4-6,13H,3,7-12,14H2,1-2H3. The van der Waals surface area contributed by atoms with Crippen molar-refractivity contribution in [2.75, 3.05) is 45.5 Å². The minimum atomic E-state index is -4.49. The molecule has 0 bridgehead atoms. The molecule has 2 heterocycles. The number of halogens is 3. The lowest BCUT2D eigenvalue weighted by Crippen LogP contribution is -2.59. The van der Waals surface area contributed by atoms with Crippen LogP contribution in [0.2, 0.25) is 0 Å². The van der Waals surface area contributed by atoms with E-state index in [4.69, 9.17) is 0 Å². The molecule has 0 radical (unpaired) electrons. The lowest BCUT2D eigenvalue weighted by atomic mass is 9.92. The number of carbonyl (C=O) groups excluding carboxylic acids is 1. The third-order valence-electron chi connectivity index (χ3n) is 6.10. The van der Waals surface area contributed by atoms with Gasteiger partial charge in [-0.3, -0.25) is 9.69 Å². The van der Waals surface area contributed by atoms with E-state index in [1.807, 2.05) is 6.92 Å². The number of piperazine rings is 1. The Bertz CT molecular complexity index is 867. The Hall–Kier alpha value is -1.65. The molecule has 1 aromatic carbocycles. The van der Waals surface area contributed by atoms with Gasteiger partial charge in [-0.1, -0.05) is 13.0 Å². The van der Waals surface area contributed by atoms with Gasteiger partial charge < -0.3 is 4.90 Å². The quantitative estimate of drug-likeness (QED) is 0.731. The number of rotatable bonds is 4. The highest BCUT2D eigenvalue weighted by molar-refractivity contribution is 7.88. The zero-order chi connectivity index (χ0) is 21.4. The number of alkyl halides is 3. The van der Waals surface area contributed by atoms with E-state index in [2.05, 4.69) is 4.90 Å². The highest BCUT2D eigenvalue weighted by Crippen LogP contribution is 2.34. The van der Waals surface area contributed by atoms with Crippen molar-refractivity contribution in [2.45, 2.75) is 31.5 Å². The molecule has 3 rings (SSSR count). The molecule has 10 heteroatoms. The van der Waals surface area contributed by atoms with Crippen LogP contribution in [0.3, 0.4) is 0 Å². The van der Waals surface area contributed by atoms with Gasteiger partial charge in [-0.2, -0.15) is 13.2 Å². The van der Waals surface area contributed by atoms with Gasteiger partial charge in [-0.05, 0) is 31.0 Å². The number of hydrogen-bond donors (Lipinski definition) is 0. The molecule has 0 aliphatic carbocycles. The summed E-state index contributed by atoms with van der Waals surface area (Å²) in [4.78, 5) is 16.5. The molecule has 0 aromatic heterocycles. The van der Waals surface area contributed by atoms with Gasteiger partial charge in [0.15, 0.2) is 0 Å². The molecule has 2 aliphatic heterocycles. The van der Waals surface area contributed by atoms with Crippen LogP contribution in [0.15, 0.2) is 24.3 Å². The Morgan fingerprint density at radius 3 is 2.31 bits per heavy atom. The number of carbonyl (C=O) groups is 1. The number of benzene rings is 1. The second kappa shape index (κ2) is 7.88. The summed E-state index contributed by atoms with van der Waals surface area (Å²) >= 11 is 0. The van der Waals surface area contributed by atoms with Gasteiger partial charge in [0.05, 0.1) is 11.8 Å². The van der Waals surface area contributed by atoms with E-state index in [1.54, 1.807) is 4.90 Å². The second-order valence-corrected chi connectivity index (χ2v) is 9.76. The number of sulfonamides is 1. The van der Waals surface area contributed by atoms with Crippen molar-refractivity contribution in [2.24, 2.45) is 0 Å². The van der Waals surface area contributed by atoms with Crippen molar-refractivity contribution in [1.82, 2.24) is 14.1 Å². The maximum Gasteiger partial charge on any atom is 0.416 e. The molecule has 162 valence electrons. The highest BCUT2D eigenvalue weighted by atomic mass is 32.2. The van der Waals surface area contributed by atoms with Crippen LogP contribution in [-0.2, 0) is 16.2 Å². The van der Waals surface area contributed by atoms with Crippen LogP contribution in [0.25, 0.3) is 0 Å². The summed E-state index contributed by atoms with van der Waals surface area (Å²) in [6.45, 7) is 4.88. The van der Waals surface area contributed by atoms with Crippen molar-refractivity contribution in [3.05, 3.63) is 35.4 Å². The third-order valence-corrected chi connectivity index (χ3v) is 7.35. The Labute approximate surface area is 169 Å². The SMILES string of the molecule is CCC1(N2CCN(C(=O)c3cccc(C(F)(F)F)c3)CC2)CCN(S(C)(=O)=O)C1. The molecule has 1 amide bonds. The number of amides is 1. The number of hydrogen-bond acceptors (Lipinski definition) is 4. The van der Waals surface area contributed by atoms with Gasteiger partial charge in [0, 0.05) is 50.4 Å². The minimum absolute atomic E-state index is 0.0302. The van der Waals surface area contributed by atoms with Crippen molar-refractivity contribution in [1.29, 1.82) is 0 Å². The molecule has 2 fully saturated rings. The summed E-state index contributed by atoms with van der Waals surface area (Å²) in [6.07, 6.45) is -1.75. The van der Waals surface area contributed by atoms with E-state index in [-0.39, 0.29) is 11.1 Å². The van der Waals surface area contributed by atoms with Gasteiger partial charge in [0.1, 0.15) is 0 Å². The van der Waals surface area contributed by atoms with E-state index < -0.39 is 27.7 Å². The van der Waals surface area contributed by atoms with Crippen LogP contribution in [0.1, 0.15) is 35.7 Å². The lowest BCUT2D eigenvalue weighted by Gasteiger charge is -2.45. The van der Waals surface area contributed by atoms with Crippen molar-refractivity contribution in [3.8, 4) is 0 Å². The number of nitrogens with zero attached hydrogens (tertiary/aromatic N) is 3. The average Bonchev–Trinajstić information content (AvgIpc) is 3.13. The van der Waals surface area contributed by atoms with E-state index in [1.165, 1.54) is 22.7 Å². The monoisotopic (exact) mass is 433 g/mol. The topological polar surface area (TPSA) is 60.9 Å². The third kappa shape index (κ3) is 4.59. The van der Waals surface area contributed by atoms with Gasteiger partial charge in [0.25, 0.3) is 5.91 Å². The normalized spacial score (nSPS) is 24.8. The van der Waals surface area contributed by atoms with Gasteiger partial charge in [0.2, 0.25) is 10.0 Å². The van der Waals surface area contributed by atoms with Gasteiger partial charge in [-0.25, -0.2) is 12.7 Å². The Morgan fingerprint density at radius 2 is 1.79 bits per heavy atom. The average molecular weight is 433 g/mol. The maximum atomic E-state index is 12.9. The predicted octanol–water partition coefficient (Wildman–Crippen LogP) is 2.28. The fraction of sp³-hybridized carbons (Fsp3) is 0.632. The van der Waals surface area contributed by atoms with Crippen molar-refractivity contribution < 1.29 is 26.4 Å². The van der Waals surface area contributed by atoms with Crippen LogP contribution < -0.4 is 0 Å². The first-order valence-corrected chi connectivity index (χ1v) is 11.5. The van der Waals surface area contributed by atoms with Gasteiger partial charge in [-0.15, -0.1) is 0 Å². The molecule has 0 saturated carbocycles. The largest absolute Gasteiger partial charge is 0.416 e. The molecular formula is C19H26F3N3O3S. The fourth-order valence-corrected chi connectivity index (χ4v) is 5.17. The highest BCUT2D eigenvalue weighted by Gasteiger charge is 2.45. The lowest BCUT2D eigenvalue weighted by molar-refractivity contribution is -0.137. The van der Waals surface area contributed by atoms with Crippen molar-refractivity contribution in [3.63, 3.8) is 0 Å². The Kier molecular flexibility index (Phi) is 5.99. The van der Waals surface area contributed by atoms with Gasteiger partial charge >= 0.3 is 6.18 Å². The molecule has 2 aliphatic rings. The fourth-order valence-electron chi connectivity index (χ4n) is 4.27. The predicted molar refractivity (Wildman–Crippen MR) is 103 cm³/mol. The second-order valence-electron chi connectivity index (χ2n) is 7.78. The van der Waals surface area contributed by atoms with Crippen LogP contribution >= 0.6 is 0 Å². The summed E-state index contributed by atoms with van der Waals surface area (Å²) in [5.74, 6) is -0.412. The van der Waals surface area contributed by atoms with Crippen LogP contribution in [0.4, 0.5) is 13.2 Å². The van der Waals surface area contributed by atoms with Crippen LogP contribution in [0.5, 0.6) is 0 Å². The van der Waals surface area contributed by atoms with E-state index in [9.17, 15) is 26.4 Å². The first-order valence-electron chi connectivity index (χ1n) is 9.63. The first kappa shape index (κ1) is 22.0. The zero-order valence-corrected chi connectivity index (χ0v) is 17.4. The molecule has 1 aromatic rings. The summed E-state index contributed by atoms with van der Waals surface area (Å²) in [7, 11) is -3.25. The zero-order valence-electron chi connectivity index (χ0n) is 16.6. The molecule has 0 spiro atoms. The maximum absolute atomic E-state index is 12.9. The van der Waals surface area contributed by atoms with E-state index in [0.29, 0.717) is 39.3 Å². The Morgan fingerprint density at radius 1 is 1.14 bits per heavy atom. The molecule has 0 N–H and O–H groups in total. The molecule has 2 saturated heterocycles. The summed E-state index contributed by atoms with van der Waals surface area (Å²) in [5, 5.41) is 0. The smallest absolute Gasteiger partial charge is 0.336 e.